The van der Waals surface area contributed by atoms with E-state index >= 15 is 0 Å². The largest absolute Gasteiger partial charge is 0.494 e. The molecule has 1 aliphatic heterocycles. The van der Waals surface area contributed by atoms with Gasteiger partial charge < -0.3 is 10.1 Å². The first-order valence-electron chi connectivity index (χ1n) is 10.1. The Bertz CT molecular complexity index is 1050. The molecule has 3 rings (SSSR count). The molecule has 0 bridgehead atoms. The average Bonchev–Trinajstić information content (AvgIpc) is 2.97. The third-order valence-electron chi connectivity index (χ3n) is 4.73. The number of ether oxygens (including phenoxy) is 1. The van der Waals surface area contributed by atoms with Gasteiger partial charge in [0.15, 0.2) is 5.11 Å². The summed E-state index contributed by atoms with van der Waals surface area (Å²) >= 11 is 5.33. The second kappa shape index (κ2) is 10.2. The molecule has 0 aromatic heterocycles. The number of rotatable bonds is 8. The summed E-state index contributed by atoms with van der Waals surface area (Å²) in [5, 5.41) is 3.98. The molecule has 168 valence electrons. The molecule has 1 heterocycles. The molecular weight excluding hydrogens is 435 g/mol. The number of amides is 3. The van der Waals surface area contributed by atoms with Gasteiger partial charge in [-0.25, -0.2) is 9.40 Å². The highest BCUT2D eigenvalue weighted by Gasteiger charge is 2.43. The van der Waals surface area contributed by atoms with Crippen molar-refractivity contribution in [1.82, 2.24) is 15.3 Å². The van der Waals surface area contributed by atoms with E-state index < -0.39 is 29.6 Å². The molecule has 1 unspecified atom stereocenters. The second-order valence-electron chi connectivity index (χ2n) is 6.92. The van der Waals surface area contributed by atoms with Crippen LogP contribution in [0.2, 0.25) is 0 Å². The van der Waals surface area contributed by atoms with E-state index in [0.29, 0.717) is 18.0 Å². The normalized spacial score (nSPS) is 15.7. The van der Waals surface area contributed by atoms with Crippen LogP contribution in [0, 0.1) is 5.82 Å². The van der Waals surface area contributed by atoms with Crippen LogP contribution in [0.3, 0.4) is 0 Å². The standard InChI is InChI=1S/C22H23FN4O4S/c1-3-26-21(30)18(13-19(28)24-16-9-6-10-17(12-16)31-4-2)27(22(26)32)25-20(29)14-7-5-8-15(23)11-14/h5-12,18H,3-4,13H2,1-2H3,(H,24,28)(H,25,29). The van der Waals surface area contributed by atoms with Gasteiger partial charge in [-0.3, -0.25) is 24.7 Å². The quantitative estimate of drug-likeness (QED) is 0.591. The van der Waals surface area contributed by atoms with Crippen LogP contribution in [0.1, 0.15) is 30.6 Å². The van der Waals surface area contributed by atoms with Gasteiger partial charge in [0.2, 0.25) is 5.91 Å². The number of hydrogen-bond donors (Lipinski definition) is 2. The zero-order valence-electron chi connectivity index (χ0n) is 17.6. The molecular formula is C22H23FN4O4S. The SMILES string of the molecule is CCOc1cccc(NC(=O)CC2C(=O)N(CC)C(=S)N2NC(=O)c2cccc(F)c2)c1. The lowest BCUT2D eigenvalue weighted by Gasteiger charge is -2.24. The second-order valence-corrected chi connectivity index (χ2v) is 7.28. The summed E-state index contributed by atoms with van der Waals surface area (Å²) in [7, 11) is 0. The smallest absolute Gasteiger partial charge is 0.269 e. The van der Waals surface area contributed by atoms with E-state index in [4.69, 9.17) is 17.0 Å². The van der Waals surface area contributed by atoms with E-state index in [9.17, 15) is 18.8 Å². The van der Waals surface area contributed by atoms with Crippen LogP contribution in [0.25, 0.3) is 0 Å². The lowest BCUT2D eigenvalue weighted by Crippen LogP contribution is -2.49. The summed E-state index contributed by atoms with van der Waals surface area (Å²) < 4.78 is 18.9. The molecule has 0 spiro atoms. The summed E-state index contributed by atoms with van der Waals surface area (Å²) in [6.45, 7) is 4.35. The molecule has 8 nitrogen and oxygen atoms in total. The minimum atomic E-state index is -1.03. The van der Waals surface area contributed by atoms with Gasteiger partial charge in [-0.2, -0.15) is 0 Å². The number of carbonyl (C=O) groups excluding carboxylic acids is 3. The van der Waals surface area contributed by atoms with Crippen LogP contribution in [-0.2, 0) is 9.59 Å². The van der Waals surface area contributed by atoms with Crippen LogP contribution in [0.5, 0.6) is 5.75 Å². The van der Waals surface area contributed by atoms with E-state index in [1.54, 1.807) is 31.2 Å². The third-order valence-corrected chi connectivity index (χ3v) is 5.15. The first-order valence-corrected chi connectivity index (χ1v) is 10.5. The van der Waals surface area contributed by atoms with Crippen molar-refractivity contribution in [3.05, 3.63) is 59.9 Å². The zero-order chi connectivity index (χ0) is 23.3. The van der Waals surface area contributed by atoms with E-state index in [1.807, 2.05) is 6.92 Å². The number of hydrogen-bond acceptors (Lipinski definition) is 5. The number of nitrogens with one attached hydrogen (secondary N) is 2. The Balaban J connectivity index is 1.75. The van der Waals surface area contributed by atoms with Crippen molar-refractivity contribution in [1.29, 1.82) is 0 Å². The number of hydrazine groups is 1. The number of thiocarbonyl (C=S) groups is 1. The maximum Gasteiger partial charge on any atom is 0.269 e. The van der Waals surface area contributed by atoms with Crippen LogP contribution in [-0.4, -0.2) is 51.9 Å². The van der Waals surface area contributed by atoms with Gasteiger partial charge in [-0.1, -0.05) is 12.1 Å². The van der Waals surface area contributed by atoms with Gasteiger partial charge in [0.05, 0.1) is 13.0 Å². The Hall–Kier alpha value is -3.53. The van der Waals surface area contributed by atoms with E-state index in [2.05, 4.69) is 10.7 Å². The van der Waals surface area contributed by atoms with Gasteiger partial charge in [-0.15, -0.1) is 0 Å². The molecule has 0 saturated carbocycles. The summed E-state index contributed by atoms with van der Waals surface area (Å²) in [6, 6.07) is 11.0. The summed E-state index contributed by atoms with van der Waals surface area (Å²) in [5.41, 5.74) is 3.11. The number of benzene rings is 2. The molecule has 1 saturated heterocycles. The molecule has 2 aromatic rings. The van der Waals surface area contributed by atoms with Crippen molar-refractivity contribution in [3.63, 3.8) is 0 Å². The minimum absolute atomic E-state index is 0.0612. The first-order chi connectivity index (χ1) is 15.3. The fourth-order valence-corrected chi connectivity index (χ4v) is 3.66. The molecule has 1 aliphatic rings. The molecule has 2 N–H and O–H groups in total. The highest BCUT2D eigenvalue weighted by molar-refractivity contribution is 7.80. The number of carbonyl (C=O) groups is 3. The zero-order valence-corrected chi connectivity index (χ0v) is 18.4. The van der Waals surface area contributed by atoms with E-state index in [1.165, 1.54) is 28.1 Å². The topological polar surface area (TPSA) is 91.0 Å². The molecule has 0 aliphatic carbocycles. The van der Waals surface area contributed by atoms with Gasteiger partial charge in [0.25, 0.3) is 11.8 Å². The fraction of sp³-hybridized carbons (Fsp3) is 0.273. The van der Waals surface area contributed by atoms with Crippen molar-refractivity contribution in [3.8, 4) is 5.75 Å². The predicted molar refractivity (Wildman–Crippen MR) is 120 cm³/mol. The third kappa shape index (κ3) is 5.20. The Kier molecular flexibility index (Phi) is 7.37. The average molecular weight is 459 g/mol. The summed E-state index contributed by atoms with van der Waals surface area (Å²) in [5.74, 6) is -1.46. The highest BCUT2D eigenvalue weighted by atomic mass is 32.1. The van der Waals surface area contributed by atoms with Gasteiger partial charge >= 0.3 is 0 Å². The minimum Gasteiger partial charge on any atom is -0.494 e. The monoisotopic (exact) mass is 458 g/mol. The molecule has 3 amide bonds. The van der Waals surface area contributed by atoms with Gasteiger partial charge in [-0.05, 0) is 56.4 Å². The summed E-state index contributed by atoms with van der Waals surface area (Å²) in [6.07, 6.45) is -0.252. The van der Waals surface area contributed by atoms with Crippen molar-refractivity contribution >= 4 is 40.7 Å². The maximum absolute atomic E-state index is 13.5. The fourth-order valence-electron chi connectivity index (χ4n) is 3.26. The highest BCUT2D eigenvalue weighted by Crippen LogP contribution is 2.21. The number of likely N-dealkylation sites (N-methyl/N-ethyl adjacent to an activating group) is 1. The molecule has 32 heavy (non-hydrogen) atoms. The molecule has 2 aromatic carbocycles. The number of anilines is 1. The van der Waals surface area contributed by atoms with Crippen molar-refractivity contribution in [2.45, 2.75) is 26.3 Å². The number of halogens is 1. The van der Waals surface area contributed by atoms with Crippen molar-refractivity contribution in [2.75, 3.05) is 18.5 Å². The van der Waals surface area contributed by atoms with Crippen molar-refractivity contribution < 1.29 is 23.5 Å². The Labute approximate surface area is 190 Å². The number of nitrogens with zero attached hydrogens (tertiary/aromatic N) is 2. The Morgan fingerprint density at radius 1 is 1.16 bits per heavy atom. The van der Waals surface area contributed by atoms with Crippen LogP contribution >= 0.6 is 12.2 Å². The lowest BCUT2D eigenvalue weighted by molar-refractivity contribution is -0.130. The predicted octanol–water partition coefficient (Wildman–Crippen LogP) is 2.72. The molecule has 1 atom stereocenters. The van der Waals surface area contributed by atoms with Crippen LogP contribution in [0.15, 0.2) is 48.5 Å². The molecule has 1 fully saturated rings. The molecule has 0 radical (unpaired) electrons. The first kappa shape index (κ1) is 23.1. The summed E-state index contributed by atoms with van der Waals surface area (Å²) in [4.78, 5) is 39.4. The maximum atomic E-state index is 13.5. The Morgan fingerprint density at radius 2 is 1.91 bits per heavy atom. The van der Waals surface area contributed by atoms with Crippen LogP contribution in [0.4, 0.5) is 10.1 Å². The van der Waals surface area contributed by atoms with Crippen molar-refractivity contribution in [2.24, 2.45) is 0 Å². The van der Waals surface area contributed by atoms with E-state index in [0.717, 1.165) is 6.07 Å². The lowest BCUT2D eigenvalue weighted by atomic mass is 10.1. The van der Waals surface area contributed by atoms with Gasteiger partial charge in [0, 0.05) is 23.9 Å². The molecule has 10 heteroatoms. The van der Waals surface area contributed by atoms with E-state index in [-0.39, 0.29) is 23.6 Å². The van der Waals surface area contributed by atoms with Gasteiger partial charge in [0.1, 0.15) is 17.6 Å². The Morgan fingerprint density at radius 3 is 2.59 bits per heavy atom. The van der Waals surface area contributed by atoms with Crippen LogP contribution < -0.4 is 15.5 Å².